The Morgan fingerprint density at radius 1 is 1.04 bits per heavy atom. The number of piperidine rings is 1. The molecule has 1 aromatic carbocycles. The number of rotatable bonds is 6. The largest absolute Gasteiger partial charge is 0.366 e. The van der Waals surface area contributed by atoms with E-state index in [0.29, 0.717) is 23.4 Å². The van der Waals surface area contributed by atoms with Crippen molar-refractivity contribution in [1.29, 1.82) is 0 Å². The maximum Gasteiger partial charge on any atom is 0.277 e. The van der Waals surface area contributed by atoms with E-state index in [2.05, 4.69) is 0 Å². The van der Waals surface area contributed by atoms with Crippen molar-refractivity contribution < 1.29 is 14.5 Å². The van der Waals surface area contributed by atoms with Crippen LogP contribution in [0.4, 0.5) is 5.69 Å². The number of likely N-dealkylation sites (tertiary alicyclic amines) is 1. The summed E-state index contributed by atoms with van der Waals surface area (Å²) in [6.07, 6.45) is 4.76. The van der Waals surface area contributed by atoms with Crippen LogP contribution in [0.15, 0.2) is 30.0 Å². The molecule has 2 aliphatic rings. The van der Waals surface area contributed by atoms with Gasteiger partial charge in [-0.1, -0.05) is 13.3 Å². The summed E-state index contributed by atoms with van der Waals surface area (Å²) in [6.45, 7) is 3.93. The van der Waals surface area contributed by atoms with Crippen molar-refractivity contribution in [2.45, 2.75) is 39.0 Å². The molecule has 0 unspecified atom stereocenters. The summed E-state index contributed by atoms with van der Waals surface area (Å²) in [4.78, 5) is 39.7. The van der Waals surface area contributed by atoms with Crippen LogP contribution in [0.1, 0.15) is 44.6 Å². The van der Waals surface area contributed by atoms with E-state index in [4.69, 9.17) is 0 Å². The lowest BCUT2D eigenvalue weighted by molar-refractivity contribution is -0.384. The molecule has 26 heavy (non-hydrogen) atoms. The van der Waals surface area contributed by atoms with Gasteiger partial charge in [0.1, 0.15) is 5.70 Å². The summed E-state index contributed by atoms with van der Waals surface area (Å²) in [5.41, 5.74) is 1.37. The van der Waals surface area contributed by atoms with Gasteiger partial charge in [-0.3, -0.25) is 24.6 Å². The van der Waals surface area contributed by atoms with Crippen LogP contribution in [0.3, 0.4) is 0 Å². The van der Waals surface area contributed by atoms with Crippen molar-refractivity contribution in [1.82, 2.24) is 9.80 Å². The number of imide groups is 1. The lowest BCUT2D eigenvalue weighted by Crippen LogP contribution is -2.37. The van der Waals surface area contributed by atoms with Crippen molar-refractivity contribution in [3.63, 3.8) is 0 Å². The Bertz CT molecular complexity index is 749. The Labute approximate surface area is 152 Å². The lowest BCUT2D eigenvalue weighted by atomic mass is 10.0. The molecule has 2 amide bonds. The summed E-state index contributed by atoms with van der Waals surface area (Å²) >= 11 is 0. The topological polar surface area (TPSA) is 83.8 Å². The molecule has 0 saturated carbocycles. The van der Waals surface area contributed by atoms with Gasteiger partial charge in [-0.05, 0) is 43.4 Å². The Morgan fingerprint density at radius 3 is 2.27 bits per heavy atom. The maximum absolute atomic E-state index is 13.0. The minimum Gasteiger partial charge on any atom is -0.366 e. The monoisotopic (exact) mass is 357 g/mol. The first-order valence-corrected chi connectivity index (χ1v) is 9.14. The van der Waals surface area contributed by atoms with Gasteiger partial charge in [-0.2, -0.15) is 0 Å². The van der Waals surface area contributed by atoms with Crippen LogP contribution in [-0.4, -0.2) is 46.2 Å². The summed E-state index contributed by atoms with van der Waals surface area (Å²) in [5, 5.41) is 10.9. The van der Waals surface area contributed by atoms with Gasteiger partial charge in [0.25, 0.3) is 17.5 Å². The summed E-state index contributed by atoms with van der Waals surface area (Å²) in [6, 6.07) is 5.88. The molecule has 2 aliphatic heterocycles. The molecule has 0 aromatic heterocycles. The first kappa shape index (κ1) is 18.1. The standard InChI is InChI=1S/C19H23N3O4/c1-2-3-13-21-18(23)16(14-7-9-15(10-8-14)22(25)26)17(19(21)24)20-11-5-4-6-12-20/h7-10H,2-6,11-13H2,1H3. The second kappa shape index (κ2) is 7.68. The van der Waals surface area contributed by atoms with Crippen molar-refractivity contribution in [2.75, 3.05) is 19.6 Å². The highest BCUT2D eigenvalue weighted by atomic mass is 16.6. The number of amides is 2. The number of nitrogens with zero attached hydrogens (tertiary/aromatic N) is 3. The molecule has 0 spiro atoms. The quantitative estimate of drug-likeness (QED) is 0.444. The third-order valence-electron chi connectivity index (χ3n) is 4.92. The first-order chi connectivity index (χ1) is 12.5. The first-order valence-electron chi connectivity index (χ1n) is 9.14. The maximum atomic E-state index is 13.0. The number of hydrogen-bond acceptors (Lipinski definition) is 5. The number of benzene rings is 1. The molecule has 1 aromatic rings. The summed E-state index contributed by atoms with van der Waals surface area (Å²) in [7, 11) is 0. The number of hydrogen-bond donors (Lipinski definition) is 0. The zero-order valence-corrected chi connectivity index (χ0v) is 14.9. The Balaban J connectivity index is 2.01. The molecular formula is C19H23N3O4. The predicted molar refractivity (Wildman–Crippen MR) is 97.1 cm³/mol. The van der Waals surface area contributed by atoms with E-state index in [1.54, 1.807) is 12.1 Å². The molecule has 0 N–H and O–H groups in total. The van der Waals surface area contributed by atoms with Crippen molar-refractivity contribution in [3.05, 3.63) is 45.6 Å². The third-order valence-corrected chi connectivity index (χ3v) is 4.92. The number of nitro groups is 1. The van der Waals surface area contributed by atoms with Gasteiger partial charge in [0, 0.05) is 31.8 Å². The minimum atomic E-state index is -0.473. The van der Waals surface area contributed by atoms with Crippen LogP contribution in [0.2, 0.25) is 0 Å². The van der Waals surface area contributed by atoms with Gasteiger partial charge >= 0.3 is 0 Å². The van der Waals surface area contributed by atoms with Gasteiger partial charge in [-0.25, -0.2) is 0 Å². The third kappa shape index (κ3) is 3.34. The van der Waals surface area contributed by atoms with Crippen LogP contribution < -0.4 is 0 Å². The molecule has 7 nitrogen and oxygen atoms in total. The zero-order valence-electron chi connectivity index (χ0n) is 14.9. The average molecular weight is 357 g/mol. The molecule has 0 bridgehead atoms. The molecule has 138 valence electrons. The van der Waals surface area contributed by atoms with Crippen LogP contribution in [-0.2, 0) is 9.59 Å². The van der Waals surface area contributed by atoms with Gasteiger partial charge in [0.05, 0.1) is 10.5 Å². The van der Waals surface area contributed by atoms with E-state index in [0.717, 1.165) is 45.2 Å². The van der Waals surface area contributed by atoms with E-state index in [1.165, 1.54) is 17.0 Å². The molecule has 1 fully saturated rings. The van der Waals surface area contributed by atoms with E-state index < -0.39 is 4.92 Å². The van der Waals surface area contributed by atoms with Crippen LogP contribution >= 0.6 is 0 Å². The smallest absolute Gasteiger partial charge is 0.277 e. The van der Waals surface area contributed by atoms with Crippen molar-refractivity contribution in [2.24, 2.45) is 0 Å². The Kier molecular flexibility index (Phi) is 5.35. The van der Waals surface area contributed by atoms with E-state index in [-0.39, 0.29) is 17.5 Å². The zero-order chi connectivity index (χ0) is 18.7. The summed E-state index contributed by atoms with van der Waals surface area (Å²) in [5.74, 6) is -0.531. The fourth-order valence-electron chi connectivity index (χ4n) is 3.50. The van der Waals surface area contributed by atoms with Gasteiger partial charge in [0.15, 0.2) is 0 Å². The molecule has 0 radical (unpaired) electrons. The van der Waals surface area contributed by atoms with E-state index in [1.807, 2.05) is 11.8 Å². The van der Waals surface area contributed by atoms with Crippen LogP contribution in [0, 0.1) is 10.1 Å². The minimum absolute atomic E-state index is 0.0338. The highest BCUT2D eigenvalue weighted by molar-refractivity contribution is 6.35. The average Bonchev–Trinajstić information content (AvgIpc) is 2.91. The molecule has 0 atom stereocenters. The van der Waals surface area contributed by atoms with Crippen molar-refractivity contribution >= 4 is 23.1 Å². The molecule has 7 heteroatoms. The molecule has 1 saturated heterocycles. The lowest BCUT2D eigenvalue weighted by Gasteiger charge is -2.29. The number of non-ortho nitro benzene ring substituents is 1. The Morgan fingerprint density at radius 2 is 1.69 bits per heavy atom. The normalized spacial score (nSPS) is 18.0. The van der Waals surface area contributed by atoms with Gasteiger partial charge in [0.2, 0.25) is 0 Å². The number of carbonyl (C=O) groups excluding carboxylic acids is 2. The fourth-order valence-corrected chi connectivity index (χ4v) is 3.50. The second-order valence-electron chi connectivity index (χ2n) is 6.69. The van der Waals surface area contributed by atoms with Crippen LogP contribution in [0.25, 0.3) is 5.57 Å². The molecule has 0 aliphatic carbocycles. The van der Waals surface area contributed by atoms with Gasteiger partial charge < -0.3 is 4.90 Å². The highest BCUT2D eigenvalue weighted by Crippen LogP contribution is 2.33. The highest BCUT2D eigenvalue weighted by Gasteiger charge is 2.41. The molecular weight excluding hydrogens is 334 g/mol. The number of unbranched alkanes of at least 4 members (excludes halogenated alkanes) is 1. The van der Waals surface area contributed by atoms with E-state index in [9.17, 15) is 19.7 Å². The van der Waals surface area contributed by atoms with Gasteiger partial charge in [-0.15, -0.1) is 0 Å². The van der Waals surface area contributed by atoms with Crippen LogP contribution in [0.5, 0.6) is 0 Å². The number of nitro benzene ring substituents is 1. The Hall–Kier alpha value is -2.70. The SMILES string of the molecule is CCCCN1C(=O)C(c2ccc([N+](=O)[O-])cc2)=C(N2CCCCC2)C1=O. The van der Waals surface area contributed by atoms with E-state index >= 15 is 0 Å². The fraction of sp³-hybridized carbons (Fsp3) is 0.474. The molecule has 3 rings (SSSR count). The second-order valence-corrected chi connectivity index (χ2v) is 6.69. The van der Waals surface area contributed by atoms with Crippen molar-refractivity contribution in [3.8, 4) is 0 Å². The predicted octanol–water partition coefficient (Wildman–Crippen LogP) is 2.96. The number of carbonyl (C=O) groups is 2. The molecule has 2 heterocycles. The summed E-state index contributed by atoms with van der Waals surface area (Å²) < 4.78 is 0.